The number of hydrogen-bond donors (Lipinski definition) is 1. The minimum absolute atomic E-state index is 0.0221. The Labute approximate surface area is 103 Å². The number of carbonyl (C=O) groups is 1. The predicted molar refractivity (Wildman–Crippen MR) is 61.8 cm³/mol. The SMILES string of the molecule is CCN(CCO)c1ccc(C=O)cc1C(F)(F)F. The van der Waals surface area contributed by atoms with Crippen LogP contribution in [0.25, 0.3) is 0 Å². The third kappa shape index (κ3) is 3.22. The van der Waals surface area contributed by atoms with Crippen LogP contribution >= 0.6 is 0 Å². The van der Waals surface area contributed by atoms with E-state index in [1.807, 2.05) is 0 Å². The van der Waals surface area contributed by atoms with Gasteiger partial charge in [0, 0.05) is 24.3 Å². The molecule has 3 nitrogen and oxygen atoms in total. The molecule has 1 aromatic rings. The second-order valence-corrected chi connectivity index (χ2v) is 3.70. The van der Waals surface area contributed by atoms with Gasteiger partial charge in [-0.1, -0.05) is 0 Å². The van der Waals surface area contributed by atoms with Gasteiger partial charge in [0.05, 0.1) is 12.2 Å². The molecule has 0 aliphatic rings. The highest BCUT2D eigenvalue weighted by molar-refractivity contribution is 5.77. The third-order valence-corrected chi connectivity index (χ3v) is 2.55. The molecule has 0 aliphatic heterocycles. The van der Waals surface area contributed by atoms with Crippen molar-refractivity contribution in [3.8, 4) is 0 Å². The Morgan fingerprint density at radius 2 is 2.06 bits per heavy atom. The van der Waals surface area contributed by atoms with Crippen LogP contribution in [0, 0.1) is 0 Å². The maximum absolute atomic E-state index is 12.9. The van der Waals surface area contributed by atoms with Gasteiger partial charge in [-0.3, -0.25) is 4.79 Å². The normalized spacial score (nSPS) is 11.4. The van der Waals surface area contributed by atoms with E-state index in [0.717, 1.165) is 6.07 Å². The number of likely N-dealkylation sites (N-methyl/N-ethyl adjacent to an activating group) is 1. The Balaban J connectivity index is 3.29. The van der Waals surface area contributed by atoms with Crippen LogP contribution in [0.4, 0.5) is 18.9 Å². The van der Waals surface area contributed by atoms with Crippen LogP contribution in [0.1, 0.15) is 22.8 Å². The molecular weight excluding hydrogens is 247 g/mol. The van der Waals surface area contributed by atoms with Gasteiger partial charge in [-0.2, -0.15) is 13.2 Å². The van der Waals surface area contributed by atoms with E-state index in [-0.39, 0.29) is 24.4 Å². The molecule has 0 atom stereocenters. The monoisotopic (exact) mass is 261 g/mol. The predicted octanol–water partition coefficient (Wildman–Crippen LogP) is 2.34. The van der Waals surface area contributed by atoms with Crippen molar-refractivity contribution >= 4 is 12.0 Å². The summed E-state index contributed by atoms with van der Waals surface area (Å²) in [5, 5.41) is 8.84. The molecule has 1 aromatic carbocycles. The van der Waals surface area contributed by atoms with Crippen LogP contribution in [0.3, 0.4) is 0 Å². The van der Waals surface area contributed by atoms with Gasteiger partial charge in [-0.25, -0.2) is 0 Å². The van der Waals surface area contributed by atoms with Crippen LogP contribution in [0.2, 0.25) is 0 Å². The Morgan fingerprint density at radius 3 is 2.50 bits per heavy atom. The molecule has 6 heteroatoms. The highest BCUT2D eigenvalue weighted by atomic mass is 19.4. The van der Waals surface area contributed by atoms with E-state index < -0.39 is 11.7 Å². The Morgan fingerprint density at radius 1 is 1.39 bits per heavy atom. The lowest BCUT2D eigenvalue weighted by atomic mass is 10.1. The van der Waals surface area contributed by atoms with E-state index in [1.54, 1.807) is 6.92 Å². The second-order valence-electron chi connectivity index (χ2n) is 3.70. The molecule has 0 aliphatic carbocycles. The summed E-state index contributed by atoms with van der Waals surface area (Å²) in [6.07, 6.45) is -4.15. The minimum Gasteiger partial charge on any atom is -0.395 e. The fourth-order valence-electron chi connectivity index (χ4n) is 1.70. The lowest BCUT2D eigenvalue weighted by molar-refractivity contribution is -0.137. The summed E-state index contributed by atoms with van der Waals surface area (Å²) in [6.45, 7) is 1.91. The molecule has 1 rings (SSSR count). The smallest absolute Gasteiger partial charge is 0.395 e. The molecule has 18 heavy (non-hydrogen) atoms. The number of halogens is 3. The van der Waals surface area contributed by atoms with E-state index in [2.05, 4.69) is 0 Å². The molecule has 1 N–H and O–H groups in total. The summed E-state index contributed by atoms with van der Waals surface area (Å²) in [5.41, 5.74) is -0.904. The molecule has 0 heterocycles. The van der Waals surface area contributed by atoms with E-state index in [0.29, 0.717) is 12.8 Å². The average Bonchev–Trinajstić information content (AvgIpc) is 2.34. The molecular formula is C12H14F3NO2. The Hall–Kier alpha value is -1.56. The standard InChI is InChI=1S/C12H14F3NO2/c1-2-16(5-6-17)11-4-3-9(8-18)7-10(11)12(13,14)15/h3-4,7-8,17H,2,5-6H2,1H3. The highest BCUT2D eigenvalue weighted by Gasteiger charge is 2.34. The van der Waals surface area contributed by atoms with Crippen molar-refractivity contribution in [2.75, 3.05) is 24.6 Å². The minimum atomic E-state index is -4.53. The first-order valence-corrected chi connectivity index (χ1v) is 5.46. The Bertz CT molecular complexity index is 418. The molecule has 0 saturated heterocycles. The largest absolute Gasteiger partial charge is 0.418 e. The second kappa shape index (κ2) is 5.86. The highest BCUT2D eigenvalue weighted by Crippen LogP contribution is 2.37. The molecule has 0 unspecified atom stereocenters. The van der Waals surface area contributed by atoms with Crippen molar-refractivity contribution in [2.24, 2.45) is 0 Å². The summed E-state index contributed by atoms with van der Waals surface area (Å²) in [4.78, 5) is 12.0. The zero-order valence-electron chi connectivity index (χ0n) is 9.87. The van der Waals surface area contributed by atoms with Gasteiger partial charge in [0.25, 0.3) is 0 Å². The number of nitrogens with zero attached hydrogens (tertiary/aromatic N) is 1. The van der Waals surface area contributed by atoms with E-state index in [9.17, 15) is 18.0 Å². The Kier molecular flexibility index (Phi) is 4.72. The van der Waals surface area contributed by atoms with Gasteiger partial charge in [0.15, 0.2) is 0 Å². The van der Waals surface area contributed by atoms with E-state index >= 15 is 0 Å². The van der Waals surface area contributed by atoms with Crippen molar-refractivity contribution in [1.82, 2.24) is 0 Å². The van der Waals surface area contributed by atoms with Crippen molar-refractivity contribution in [2.45, 2.75) is 13.1 Å². The number of hydrogen-bond acceptors (Lipinski definition) is 3. The third-order valence-electron chi connectivity index (χ3n) is 2.55. The maximum atomic E-state index is 12.9. The molecule has 0 fully saturated rings. The fraction of sp³-hybridized carbons (Fsp3) is 0.417. The molecule has 0 bridgehead atoms. The number of rotatable bonds is 5. The molecule has 0 spiro atoms. The summed E-state index contributed by atoms with van der Waals surface area (Å²) >= 11 is 0. The van der Waals surface area contributed by atoms with Gasteiger partial charge in [0.1, 0.15) is 6.29 Å². The number of benzene rings is 1. The number of aldehydes is 1. The van der Waals surface area contributed by atoms with Crippen LogP contribution in [-0.4, -0.2) is 31.1 Å². The lowest BCUT2D eigenvalue weighted by Gasteiger charge is -2.25. The summed E-state index contributed by atoms with van der Waals surface area (Å²) in [5.74, 6) is 0. The van der Waals surface area contributed by atoms with Crippen molar-refractivity contribution in [3.05, 3.63) is 29.3 Å². The first-order valence-electron chi connectivity index (χ1n) is 5.46. The van der Waals surface area contributed by atoms with Gasteiger partial charge >= 0.3 is 6.18 Å². The van der Waals surface area contributed by atoms with Gasteiger partial charge in [-0.15, -0.1) is 0 Å². The van der Waals surface area contributed by atoms with Crippen molar-refractivity contribution in [1.29, 1.82) is 0 Å². The van der Waals surface area contributed by atoms with Crippen molar-refractivity contribution in [3.63, 3.8) is 0 Å². The average molecular weight is 261 g/mol. The van der Waals surface area contributed by atoms with Crippen LogP contribution in [0.15, 0.2) is 18.2 Å². The van der Waals surface area contributed by atoms with Gasteiger partial charge in [0.2, 0.25) is 0 Å². The summed E-state index contributed by atoms with van der Waals surface area (Å²) < 4.78 is 38.7. The van der Waals surface area contributed by atoms with Crippen LogP contribution < -0.4 is 4.90 Å². The number of aliphatic hydroxyl groups is 1. The fourth-order valence-corrected chi connectivity index (χ4v) is 1.70. The van der Waals surface area contributed by atoms with Gasteiger partial charge < -0.3 is 10.0 Å². The lowest BCUT2D eigenvalue weighted by Crippen LogP contribution is -2.28. The molecule has 100 valence electrons. The van der Waals surface area contributed by atoms with Gasteiger partial charge in [-0.05, 0) is 25.1 Å². The van der Waals surface area contributed by atoms with E-state index in [1.165, 1.54) is 17.0 Å². The summed E-state index contributed by atoms with van der Waals surface area (Å²) in [6, 6.07) is 3.41. The number of aliphatic hydroxyl groups excluding tert-OH is 1. The molecule has 0 saturated carbocycles. The topological polar surface area (TPSA) is 40.5 Å². The first-order chi connectivity index (χ1) is 8.43. The number of carbonyl (C=O) groups excluding carboxylic acids is 1. The first kappa shape index (κ1) is 14.5. The summed E-state index contributed by atoms with van der Waals surface area (Å²) in [7, 11) is 0. The zero-order chi connectivity index (χ0) is 13.8. The van der Waals surface area contributed by atoms with Crippen LogP contribution in [-0.2, 0) is 6.18 Å². The molecule has 0 aromatic heterocycles. The number of alkyl halides is 3. The van der Waals surface area contributed by atoms with Crippen LogP contribution in [0.5, 0.6) is 0 Å². The van der Waals surface area contributed by atoms with Crippen molar-refractivity contribution < 1.29 is 23.1 Å². The number of anilines is 1. The maximum Gasteiger partial charge on any atom is 0.418 e. The zero-order valence-corrected chi connectivity index (χ0v) is 9.87. The molecule has 0 amide bonds. The quantitative estimate of drug-likeness (QED) is 0.827. The molecule has 0 radical (unpaired) electrons. The van der Waals surface area contributed by atoms with E-state index in [4.69, 9.17) is 5.11 Å².